The van der Waals surface area contributed by atoms with Crippen LogP contribution in [0.15, 0.2) is 36.7 Å². The number of benzene rings is 1. The molecule has 0 bridgehead atoms. The molecule has 2 aromatic rings. The summed E-state index contributed by atoms with van der Waals surface area (Å²) in [5.74, 6) is 0.166. The van der Waals surface area contributed by atoms with Crippen LogP contribution in [-0.4, -0.2) is 21.0 Å². The zero-order valence-corrected chi connectivity index (χ0v) is 10.5. The average Bonchev–Trinajstić information content (AvgIpc) is 2.78. The van der Waals surface area contributed by atoms with E-state index in [1.54, 1.807) is 11.6 Å². The lowest BCUT2D eigenvalue weighted by Gasteiger charge is -2.13. The second kappa shape index (κ2) is 5.49. The predicted octanol–water partition coefficient (Wildman–Crippen LogP) is 1.44. The minimum atomic E-state index is -0.517. The summed E-state index contributed by atoms with van der Waals surface area (Å²) in [4.78, 5) is 14.0. The van der Waals surface area contributed by atoms with E-state index >= 15 is 0 Å². The number of aromatic nitrogens is 2. The van der Waals surface area contributed by atoms with Crippen LogP contribution in [-0.2, 0) is 7.05 Å². The fourth-order valence-corrected chi connectivity index (χ4v) is 1.78. The van der Waals surface area contributed by atoms with Crippen LogP contribution in [0.4, 0.5) is 11.6 Å². The number of nitro groups is 1. The molecule has 19 heavy (non-hydrogen) atoms. The fourth-order valence-electron chi connectivity index (χ4n) is 1.78. The van der Waals surface area contributed by atoms with Crippen molar-refractivity contribution in [3.05, 3.63) is 52.3 Å². The average molecular weight is 261 g/mol. The van der Waals surface area contributed by atoms with Crippen LogP contribution < -0.4 is 11.1 Å². The molecule has 1 aromatic heterocycles. The first-order valence-corrected chi connectivity index (χ1v) is 5.79. The number of imidazole rings is 1. The van der Waals surface area contributed by atoms with Crippen molar-refractivity contribution < 1.29 is 4.92 Å². The minimum absolute atomic E-state index is 0.192. The van der Waals surface area contributed by atoms with Gasteiger partial charge in [-0.25, -0.2) is 0 Å². The van der Waals surface area contributed by atoms with Crippen molar-refractivity contribution >= 4 is 11.6 Å². The molecule has 1 heterocycles. The van der Waals surface area contributed by atoms with E-state index in [0.29, 0.717) is 12.4 Å². The topological polar surface area (TPSA) is 99.0 Å². The molecule has 1 atom stereocenters. The highest BCUT2D eigenvalue weighted by Gasteiger charge is 2.20. The summed E-state index contributed by atoms with van der Waals surface area (Å²) >= 11 is 0. The van der Waals surface area contributed by atoms with Crippen LogP contribution in [0.2, 0.25) is 0 Å². The van der Waals surface area contributed by atoms with Crippen LogP contribution in [0.25, 0.3) is 0 Å². The number of nitrogens with one attached hydrogen (secondary N) is 1. The molecule has 7 nitrogen and oxygen atoms in total. The van der Waals surface area contributed by atoms with Gasteiger partial charge in [0.2, 0.25) is 12.1 Å². The summed E-state index contributed by atoms with van der Waals surface area (Å²) in [7, 11) is 1.69. The van der Waals surface area contributed by atoms with Crippen LogP contribution in [0, 0.1) is 10.1 Å². The van der Waals surface area contributed by atoms with Gasteiger partial charge in [0.05, 0.1) is 0 Å². The second-order valence-corrected chi connectivity index (χ2v) is 4.18. The minimum Gasteiger partial charge on any atom is -0.362 e. The molecule has 0 amide bonds. The van der Waals surface area contributed by atoms with Crippen molar-refractivity contribution in [2.45, 2.75) is 6.04 Å². The van der Waals surface area contributed by atoms with Crippen molar-refractivity contribution in [3.63, 3.8) is 0 Å². The Kier molecular flexibility index (Phi) is 3.76. The summed E-state index contributed by atoms with van der Waals surface area (Å²) in [6.45, 7) is 0.393. The second-order valence-electron chi connectivity index (χ2n) is 4.18. The Balaban J connectivity index is 2.07. The number of aryl methyl sites for hydroxylation is 1. The molecule has 1 aromatic carbocycles. The van der Waals surface area contributed by atoms with Crippen LogP contribution >= 0.6 is 0 Å². The van der Waals surface area contributed by atoms with Gasteiger partial charge in [-0.15, -0.1) is 0 Å². The zero-order chi connectivity index (χ0) is 13.8. The van der Waals surface area contributed by atoms with E-state index in [0.717, 1.165) is 5.56 Å². The van der Waals surface area contributed by atoms with E-state index in [-0.39, 0.29) is 11.9 Å². The molecule has 7 heteroatoms. The first-order chi connectivity index (χ1) is 9.09. The molecule has 0 radical (unpaired) electrons. The smallest absolute Gasteiger partial charge is 0.362 e. The Labute approximate surface area is 110 Å². The van der Waals surface area contributed by atoms with E-state index < -0.39 is 4.92 Å². The number of nitrogens with zero attached hydrogens (tertiary/aromatic N) is 3. The summed E-state index contributed by atoms with van der Waals surface area (Å²) in [5, 5.41) is 13.8. The number of nitrogens with two attached hydrogens (primary N) is 1. The first-order valence-electron chi connectivity index (χ1n) is 5.79. The molecule has 0 fully saturated rings. The van der Waals surface area contributed by atoms with E-state index in [1.807, 2.05) is 30.3 Å². The lowest BCUT2D eigenvalue weighted by Crippen LogP contribution is -2.21. The third kappa shape index (κ3) is 2.89. The highest BCUT2D eigenvalue weighted by Crippen LogP contribution is 2.21. The molecule has 1 unspecified atom stereocenters. The Morgan fingerprint density at radius 2 is 2.16 bits per heavy atom. The number of hydrogen-bond donors (Lipinski definition) is 2. The molecule has 2 rings (SSSR count). The molecule has 0 spiro atoms. The van der Waals surface area contributed by atoms with Gasteiger partial charge in [-0.1, -0.05) is 30.3 Å². The van der Waals surface area contributed by atoms with E-state index in [1.165, 1.54) is 6.33 Å². The third-order valence-corrected chi connectivity index (χ3v) is 2.81. The maximum absolute atomic E-state index is 10.8. The highest BCUT2D eigenvalue weighted by atomic mass is 16.6. The molecule has 0 aliphatic rings. The van der Waals surface area contributed by atoms with Gasteiger partial charge in [0.1, 0.15) is 0 Å². The standard InChI is InChI=1S/C12H15N5O2/c1-16-8-15-12(17(18)19)11(16)14-7-10(13)9-5-3-2-4-6-9/h2-6,8,10,14H,7,13H2,1H3. The molecule has 0 saturated carbocycles. The van der Waals surface area contributed by atoms with E-state index in [4.69, 9.17) is 5.73 Å². The van der Waals surface area contributed by atoms with E-state index in [2.05, 4.69) is 10.3 Å². The quantitative estimate of drug-likeness (QED) is 0.626. The lowest BCUT2D eigenvalue weighted by atomic mass is 10.1. The normalized spacial score (nSPS) is 12.1. The van der Waals surface area contributed by atoms with Gasteiger partial charge >= 0.3 is 5.82 Å². The molecule has 0 aliphatic heterocycles. The van der Waals surface area contributed by atoms with Gasteiger partial charge in [0.15, 0.2) is 0 Å². The van der Waals surface area contributed by atoms with Gasteiger partial charge < -0.3 is 21.2 Å². The monoisotopic (exact) mass is 261 g/mol. The van der Waals surface area contributed by atoms with Gasteiger partial charge in [0.25, 0.3) is 0 Å². The van der Waals surface area contributed by atoms with Crippen molar-refractivity contribution in [1.29, 1.82) is 0 Å². The van der Waals surface area contributed by atoms with Crippen molar-refractivity contribution in [2.75, 3.05) is 11.9 Å². The SMILES string of the molecule is Cn1cnc([N+](=O)[O-])c1NCC(N)c1ccccc1. The zero-order valence-electron chi connectivity index (χ0n) is 10.5. The molecule has 0 aliphatic carbocycles. The Morgan fingerprint density at radius 3 is 2.79 bits per heavy atom. The van der Waals surface area contributed by atoms with Gasteiger partial charge in [-0.2, -0.15) is 0 Å². The number of anilines is 1. The Bertz CT molecular complexity index is 567. The predicted molar refractivity (Wildman–Crippen MR) is 71.7 cm³/mol. The largest absolute Gasteiger partial charge is 0.406 e. The van der Waals surface area contributed by atoms with Crippen molar-refractivity contribution in [2.24, 2.45) is 12.8 Å². The van der Waals surface area contributed by atoms with Crippen molar-refractivity contribution in [1.82, 2.24) is 9.55 Å². The van der Waals surface area contributed by atoms with Crippen molar-refractivity contribution in [3.8, 4) is 0 Å². The Morgan fingerprint density at radius 1 is 1.47 bits per heavy atom. The fraction of sp³-hybridized carbons (Fsp3) is 0.250. The van der Waals surface area contributed by atoms with Crippen LogP contribution in [0.3, 0.4) is 0 Å². The summed E-state index contributed by atoms with van der Waals surface area (Å²) < 4.78 is 1.57. The maximum atomic E-state index is 10.8. The molecular weight excluding hydrogens is 246 g/mol. The van der Waals surface area contributed by atoms with Gasteiger partial charge in [-0.3, -0.25) is 4.57 Å². The summed E-state index contributed by atoms with van der Waals surface area (Å²) in [5.41, 5.74) is 7.00. The van der Waals surface area contributed by atoms with Crippen LogP contribution in [0.5, 0.6) is 0 Å². The van der Waals surface area contributed by atoms with Gasteiger partial charge in [0, 0.05) is 19.6 Å². The third-order valence-electron chi connectivity index (χ3n) is 2.81. The van der Waals surface area contributed by atoms with E-state index in [9.17, 15) is 10.1 Å². The highest BCUT2D eigenvalue weighted by molar-refractivity contribution is 5.52. The number of hydrogen-bond acceptors (Lipinski definition) is 5. The molecular formula is C12H15N5O2. The summed E-state index contributed by atoms with van der Waals surface area (Å²) in [6.07, 6.45) is 1.40. The maximum Gasteiger partial charge on any atom is 0.406 e. The number of rotatable bonds is 5. The van der Waals surface area contributed by atoms with Crippen LogP contribution in [0.1, 0.15) is 11.6 Å². The first kappa shape index (κ1) is 13.0. The Hall–Kier alpha value is -2.41. The van der Waals surface area contributed by atoms with Gasteiger partial charge in [-0.05, 0) is 15.5 Å². The molecule has 100 valence electrons. The lowest BCUT2D eigenvalue weighted by molar-refractivity contribution is -0.388. The molecule has 0 saturated heterocycles. The summed E-state index contributed by atoms with van der Waals surface area (Å²) in [6, 6.07) is 9.32. The molecule has 3 N–H and O–H groups in total.